The van der Waals surface area contributed by atoms with Gasteiger partial charge in [-0.1, -0.05) is 12.1 Å². The SMILES string of the molecule is CCOC(=O)C(C)c1cccc(S)c1. The number of ether oxygens (including phenoxy) is 1. The Morgan fingerprint density at radius 3 is 2.86 bits per heavy atom. The molecule has 1 aromatic carbocycles. The molecule has 0 aliphatic rings. The first kappa shape index (κ1) is 11.1. The van der Waals surface area contributed by atoms with Crippen molar-refractivity contribution in [3.8, 4) is 0 Å². The maximum absolute atomic E-state index is 11.4. The van der Waals surface area contributed by atoms with Crippen molar-refractivity contribution in [3.05, 3.63) is 29.8 Å². The fourth-order valence-electron chi connectivity index (χ4n) is 1.20. The van der Waals surface area contributed by atoms with Gasteiger partial charge >= 0.3 is 5.97 Å². The molecule has 0 aliphatic heterocycles. The quantitative estimate of drug-likeness (QED) is 0.613. The average Bonchev–Trinajstić information content (AvgIpc) is 2.17. The van der Waals surface area contributed by atoms with E-state index in [2.05, 4.69) is 12.6 Å². The van der Waals surface area contributed by atoms with Gasteiger partial charge in [-0.3, -0.25) is 4.79 Å². The van der Waals surface area contributed by atoms with Crippen LogP contribution in [0.4, 0.5) is 0 Å². The Balaban J connectivity index is 2.78. The van der Waals surface area contributed by atoms with E-state index in [0.29, 0.717) is 6.61 Å². The van der Waals surface area contributed by atoms with Crippen LogP contribution in [0.15, 0.2) is 29.2 Å². The highest BCUT2D eigenvalue weighted by Gasteiger charge is 2.15. The molecule has 0 heterocycles. The lowest BCUT2D eigenvalue weighted by molar-refractivity contribution is -0.144. The Kier molecular flexibility index (Phi) is 4.01. The molecule has 76 valence electrons. The Hall–Kier alpha value is -0.960. The lowest BCUT2D eigenvalue weighted by Gasteiger charge is -2.10. The molecule has 0 saturated heterocycles. The van der Waals surface area contributed by atoms with Crippen molar-refractivity contribution < 1.29 is 9.53 Å². The second-order valence-corrected chi connectivity index (χ2v) is 3.59. The van der Waals surface area contributed by atoms with Crippen LogP contribution < -0.4 is 0 Å². The van der Waals surface area contributed by atoms with E-state index >= 15 is 0 Å². The molecule has 1 aromatic rings. The minimum Gasteiger partial charge on any atom is -0.466 e. The van der Waals surface area contributed by atoms with Gasteiger partial charge in [0.25, 0.3) is 0 Å². The molecule has 0 saturated carbocycles. The molecule has 3 heteroatoms. The summed E-state index contributed by atoms with van der Waals surface area (Å²) in [6, 6.07) is 7.55. The van der Waals surface area contributed by atoms with Crippen LogP contribution >= 0.6 is 12.6 Å². The van der Waals surface area contributed by atoms with Gasteiger partial charge in [-0.05, 0) is 31.5 Å². The van der Waals surface area contributed by atoms with Crippen LogP contribution in [0.3, 0.4) is 0 Å². The largest absolute Gasteiger partial charge is 0.466 e. The summed E-state index contributed by atoms with van der Waals surface area (Å²) in [5.41, 5.74) is 0.941. The molecule has 1 rings (SSSR count). The predicted molar refractivity (Wildman–Crippen MR) is 58.7 cm³/mol. The van der Waals surface area contributed by atoms with Crippen LogP contribution in [0.2, 0.25) is 0 Å². The van der Waals surface area contributed by atoms with Gasteiger partial charge in [0.1, 0.15) is 0 Å². The zero-order chi connectivity index (χ0) is 10.6. The summed E-state index contributed by atoms with van der Waals surface area (Å²) in [4.78, 5) is 12.3. The van der Waals surface area contributed by atoms with E-state index in [1.807, 2.05) is 31.2 Å². The van der Waals surface area contributed by atoms with Crippen molar-refractivity contribution in [2.45, 2.75) is 24.7 Å². The molecule has 0 fully saturated rings. The molecular weight excluding hydrogens is 196 g/mol. The molecular formula is C11H14O2S. The molecule has 1 atom stereocenters. The van der Waals surface area contributed by atoms with Gasteiger partial charge in [-0.2, -0.15) is 0 Å². The molecule has 0 radical (unpaired) electrons. The van der Waals surface area contributed by atoms with Crippen molar-refractivity contribution in [1.29, 1.82) is 0 Å². The van der Waals surface area contributed by atoms with E-state index in [-0.39, 0.29) is 11.9 Å². The first-order valence-corrected chi connectivity index (χ1v) is 5.05. The van der Waals surface area contributed by atoms with Gasteiger partial charge in [-0.25, -0.2) is 0 Å². The number of rotatable bonds is 3. The summed E-state index contributed by atoms with van der Waals surface area (Å²) in [6.45, 7) is 4.06. The highest BCUT2D eigenvalue weighted by molar-refractivity contribution is 7.80. The van der Waals surface area contributed by atoms with E-state index < -0.39 is 0 Å². The third-order valence-electron chi connectivity index (χ3n) is 2.01. The maximum atomic E-state index is 11.4. The van der Waals surface area contributed by atoms with E-state index in [9.17, 15) is 4.79 Å². The van der Waals surface area contributed by atoms with Crippen LogP contribution in [0.1, 0.15) is 25.3 Å². The van der Waals surface area contributed by atoms with Crippen molar-refractivity contribution in [1.82, 2.24) is 0 Å². The second-order valence-electron chi connectivity index (χ2n) is 3.07. The number of benzene rings is 1. The van der Waals surface area contributed by atoms with Crippen molar-refractivity contribution >= 4 is 18.6 Å². The topological polar surface area (TPSA) is 26.3 Å². The molecule has 2 nitrogen and oxygen atoms in total. The van der Waals surface area contributed by atoms with Crippen molar-refractivity contribution in [2.24, 2.45) is 0 Å². The molecule has 0 N–H and O–H groups in total. The highest BCUT2D eigenvalue weighted by atomic mass is 32.1. The third-order valence-corrected chi connectivity index (χ3v) is 2.29. The van der Waals surface area contributed by atoms with E-state index in [0.717, 1.165) is 10.5 Å². The smallest absolute Gasteiger partial charge is 0.313 e. The Bertz CT molecular complexity index is 323. The van der Waals surface area contributed by atoms with Crippen LogP contribution in [-0.2, 0) is 9.53 Å². The summed E-state index contributed by atoms with van der Waals surface area (Å²) in [6.07, 6.45) is 0. The van der Waals surface area contributed by atoms with Gasteiger partial charge in [0.2, 0.25) is 0 Å². The average molecular weight is 210 g/mol. The molecule has 0 aliphatic carbocycles. The Morgan fingerprint density at radius 1 is 1.57 bits per heavy atom. The standard InChI is InChI=1S/C11H14O2S/c1-3-13-11(12)8(2)9-5-4-6-10(14)7-9/h4-8,14H,3H2,1-2H3. The zero-order valence-electron chi connectivity index (χ0n) is 8.36. The maximum Gasteiger partial charge on any atom is 0.313 e. The molecule has 0 bridgehead atoms. The van der Waals surface area contributed by atoms with Crippen molar-refractivity contribution in [2.75, 3.05) is 6.61 Å². The predicted octanol–water partition coefficient (Wildman–Crippen LogP) is 2.64. The van der Waals surface area contributed by atoms with Crippen LogP contribution in [0.25, 0.3) is 0 Å². The molecule has 0 spiro atoms. The summed E-state index contributed by atoms with van der Waals surface area (Å²) < 4.78 is 4.93. The lowest BCUT2D eigenvalue weighted by Crippen LogP contribution is -2.12. The molecule has 1 unspecified atom stereocenters. The Labute approximate surface area is 89.7 Å². The van der Waals surface area contributed by atoms with Crippen LogP contribution in [-0.4, -0.2) is 12.6 Å². The molecule has 0 aromatic heterocycles. The molecule has 14 heavy (non-hydrogen) atoms. The number of carbonyl (C=O) groups is 1. The zero-order valence-corrected chi connectivity index (χ0v) is 9.25. The van der Waals surface area contributed by atoms with Crippen LogP contribution in [0, 0.1) is 0 Å². The number of hydrogen-bond acceptors (Lipinski definition) is 3. The minimum absolute atomic E-state index is 0.188. The first-order chi connectivity index (χ1) is 6.65. The summed E-state index contributed by atoms with van der Waals surface area (Å²) in [5, 5.41) is 0. The summed E-state index contributed by atoms with van der Waals surface area (Å²) in [7, 11) is 0. The second kappa shape index (κ2) is 5.05. The number of carbonyl (C=O) groups excluding carboxylic acids is 1. The van der Waals surface area contributed by atoms with Gasteiger partial charge in [0.05, 0.1) is 12.5 Å². The number of esters is 1. The van der Waals surface area contributed by atoms with Gasteiger partial charge in [-0.15, -0.1) is 12.6 Å². The van der Waals surface area contributed by atoms with Gasteiger partial charge < -0.3 is 4.74 Å². The normalized spacial score (nSPS) is 12.2. The minimum atomic E-state index is -0.220. The fourth-order valence-corrected chi connectivity index (χ4v) is 1.43. The third kappa shape index (κ3) is 2.77. The molecule has 0 amide bonds. The monoisotopic (exact) mass is 210 g/mol. The van der Waals surface area contributed by atoms with Crippen molar-refractivity contribution in [3.63, 3.8) is 0 Å². The van der Waals surface area contributed by atoms with Crippen LogP contribution in [0.5, 0.6) is 0 Å². The summed E-state index contributed by atoms with van der Waals surface area (Å²) in [5.74, 6) is -0.409. The first-order valence-electron chi connectivity index (χ1n) is 4.60. The van der Waals surface area contributed by atoms with E-state index in [1.165, 1.54) is 0 Å². The van der Waals surface area contributed by atoms with Gasteiger partial charge in [0.15, 0.2) is 0 Å². The number of thiol groups is 1. The van der Waals surface area contributed by atoms with E-state index in [4.69, 9.17) is 4.74 Å². The summed E-state index contributed by atoms with van der Waals surface area (Å²) >= 11 is 4.22. The number of hydrogen-bond donors (Lipinski definition) is 1. The Morgan fingerprint density at radius 2 is 2.29 bits per heavy atom. The van der Waals surface area contributed by atoms with E-state index in [1.54, 1.807) is 6.92 Å². The highest BCUT2D eigenvalue weighted by Crippen LogP contribution is 2.19. The van der Waals surface area contributed by atoms with Gasteiger partial charge in [0, 0.05) is 4.90 Å². The lowest BCUT2D eigenvalue weighted by atomic mass is 10.0. The fraction of sp³-hybridized carbons (Fsp3) is 0.364.